The number of aryl methyl sites for hydroxylation is 1. The van der Waals surface area contributed by atoms with E-state index < -0.39 is 0 Å². The molecule has 0 amide bonds. The van der Waals surface area contributed by atoms with E-state index in [2.05, 4.69) is 30.4 Å². The van der Waals surface area contributed by atoms with Crippen LogP contribution in [0.5, 0.6) is 5.75 Å². The molecule has 82 valence electrons. The number of hydrogen-bond donors (Lipinski definition) is 1. The standard InChI is InChI=1S/C13H19NO/c1-10-5-3-7-12-13(10)11(9-15-12)6-4-8-14-2/h3,5,7,11,14H,4,6,8-9H2,1-2H3. The molecule has 1 N–H and O–H groups in total. The van der Waals surface area contributed by atoms with Gasteiger partial charge in [-0.1, -0.05) is 12.1 Å². The zero-order valence-corrected chi connectivity index (χ0v) is 9.55. The van der Waals surface area contributed by atoms with Crippen molar-refractivity contribution in [1.29, 1.82) is 0 Å². The molecule has 1 atom stereocenters. The van der Waals surface area contributed by atoms with Gasteiger partial charge in [0.25, 0.3) is 0 Å². The summed E-state index contributed by atoms with van der Waals surface area (Å²) in [7, 11) is 2.00. The van der Waals surface area contributed by atoms with E-state index >= 15 is 0 Å². The van der Waals surface area contributed by atoms with Crippen LogP contribution >= 0.6 is 0 Å². The molecule has 15 heavy (non-hydrogen) atoms. The van der Waals surface area contributed by atoms with Gasteiger partial charge < -0.3 is 10.1 Å². The Bertz CT molecular complexity index is 335. The van der Waals surface area contributed by atoms with Crippen molar-refractivity contribution >= 4 is 0 Å². The number of benzene rings is 1. The predicted molar refractivity (Wildman–Crippen MR) is 62.6 cm³/mol. The Balaban J connectivity index is 2.07. The van der Waals surface area contributed by atoms with Crippen LogP contribution in [0.1, 0.15) is 29.9 Å². The van der Waals surface area contributed by atoms with Gasteiger partial charge in [-0.2, -0.15) is 0 Å². The summed E-state index contributed by atoms with van der Waals surface area (Å²) in [6.07, 6.45) is 2.44. The molecule has 2 heteroatoms. The van der Waals surface area contributed by atoms with Gasteiger partial charge in [-0.15, -0.1) is 0 Å². The van der Waals surface area contributed by atoms with Crippen LogP contribution in [0, 0.1) is 6.92 Å². The zero-order valence-electron chi connectivity index (χ0n) is 9.55. The molecule has 0 bridgehead atoms. The fraction of sp³-hybridized carbons (Fsp3) is 0.538. The fourth-order valence-corrected chi connectivity index (χ4v) is 2.33. The maximum Gasteiger partial charge on any atom is 0.123 e. The molecule has 1 aromatic rings. The minimum Gasteiger partial charge on any atom is -0.493 e. The van der Waals surface area contributed by atoms with Crippen LogP contribution in [0.25, 0.3) is 0 Å². The first-order valence-electron chi connectivity index (χ1n) is 5.70. The summed E-state index contributed by atoms with van der Waals surface area (Å²) in [6.45, 7) is 4.14. The number of hydrogen-bond acceptors (Lipinski definition) is 2. The van der Waals surface area contributed by atoms with E-state index in [0.29, 0.717) is 5.92 Å². The van der Waals surface area contributed by atoms with Crippen molar-refractivity contribution in [3.63, 3.8) is 0 Å². The first-order valence-corrected chi connectivity index (χ1v) is 5.70. The minimum atomic E-state index is 0.606. The molecule has 1 aromatic carbocycles. The van der Waals surface area contributed by atoms with Gasteiger partial charge in [-0.3, -0.25) is 0 Å². The first-order chi connectivity index (χ1) is 7.33. The lowest BCUT2D eigenvalue weighted by atomic mass is 9.93. The van der Waals surface area contributed by atoms with Crippen molar-refractivity contribution in [2.45, 2.75) is 25.7 Å². The van der Waals surface area contributed by atoms with Crippen molar-refractivity contribution in [1.82, 2.24) is 5.32 Å². The molecule has 0 spiro atoms. The third-order valence-electron chi connectivity index (χ3n) is 3.11. The van der Waals surface area contributed by atoms with Crippen molar-refractivity contribution in [3.8, 4) is 5.75 Å². The number of nitrogens with one attached hydrogen (secondary N) is 1. The Morgan fingerprint density at radius 3 is 3.13 bits per heavy atom. The molecule has 2 nitrogen and oxygen atoms in total. The highest BCUT2D eigenvalue weighted by molar-refractivity contribution is 5.45. The van der Waals surface area contributed by atoms with Crippen molar-refractivity contribution < 1.29 is 4.74 Å². The van der Waals surface area contributed by atoms with Crippen LogP contribution in [-0.2, 0) is 0 Å². The van der Waals surface area contributed by atoms with Gasteiger partial charge in [0.1, 0.15) is 5.75 Å². The van der Waals surface area contributed by atoms with Crippen LogP contribution in [0.4, 0.5) is 0 Å². The van der Waals surface area contributed by atoms with Gasteiger partial charge >= 0.3 is 0 Å². The molecule has 1 heterocycles. The number of ether oxygens (including phenoxy) is 1. The molecule has 1 unspecified atom stereocenters. The van der Waals surface area contributed by atoms with Gasteiger partial charge in [-0.25, -0.2) is 0 Å². The summed E-state index contributed by atoms with van der Waals surface area (Å²) in [5.74, 6) is 1.71. The summed E-state index contributed by atoms with van der Waals surface area (Å²) in [4.78, 5) is 0. The number of fused-ring (bicyclic) bond motifs is 1. The Morgan fingerprint density at radius 1 is 1.47 bits per heavy atom. The highest BCUT2D eigenvalue weighted by Gasteiger charge is 2.24. The smallest absolute Gasteiger partial charge is 0.123 e. The first kappa shape index (κ1) is 10.5. The van der Waals surface area contributed by atoms with E-state index in [1.54, 1.807) is 0 Å². The second-order valence-electron chi connectivity index (χ2n) is 4.24. The van der Waals surface area contributed by atoms with Gasteiger partial charge in [-0.05, 0) is 45.0 Å². The highest BCUT2D eigenvalue weighted by Crippen LogP contribution is 2.38. The maximum absolute atomic E-state index is 5.70. The molecule has 0 fully saturated rings. The lowest BCUT2D eigenvalue weighted by Gasteiger charge is -2.10. The predicted octanol–water partition coefficient (Wildman–Crippen LogP) is 2.47. The van der Waals surface area contributed by atoms with Crippen molar-refractivity contribution in [3.05, 3.63) is 29.3 Å². The summed E-state index contributed by atoms with van der Waals surface area (Å²) in [6, 6.07) is 6.34. The van der Waals surface area contributed by atoms with Gasteiger partial charge in [0.2, 0.25) is 0 Å². The Hall–Kier alpha value is -1.02. The fourth-order valence-electron chi connectivity index (χ4n) is 2.33. The average Bonchev–Trinajstić information content (AvgIpc) is 2.63. The van der Waals surface area contributed by atoms with E-state index in [9.17, 15) is 0 Å². The highest BCUT2D eigenvalue weighted by atomic mass is 16.5. The topological polar surface area (TPSA) is 21.3 Å². The SMILES string of the molecule is CNCCCC1COc2cccc(C)c21. The minimum absolute atomic E-state index is 0.606. The second-order valence-corrected chi connectivity index (χ2v) is 4.24. The monoisotopic (exact) mass is 205 g/mol. The zero-order chi connectivity index (χ0) is 10.7. The van der Waals surface area contributed by atoms with Crippen LogP contribution in [0.2, 0.25) is 0 Å². The van der Waals surface area contributed by atoms with E-state index in [1.807, 2.05) is 7.05 Å². The maximum atomic E-state index is 5.70. The molecule has 2 rings (SSSR count). The number of rotatable bonds is 4. The molecule has 0 aromatic heterocycles. The van der Waals surface area contributed by atoms with Crippen LogP contribution in [-0.4, -0.2) is 20.2 Å². The third-order valence-corrected chi connectivity index (χ3v) is 3.11. The molecule has 1 aliphatic heterocycles. The van der Waals surface area contributed by atoms with Crippen LogP contribution < -0.4 is 10.1 Å². The quantitative estimate of drug-likeness (QED) is 0.762. The third kappa shape index (κ3) is 2.15. The molecular weight excluding hydrogens is 186 g/mol. The van der Waals surface area contributed by atoms with Crippen molar-refractivity contribution in [2.24, 2.45) is 0 Å². The van der Waals surface area contributed by atoms with Crippen molar-refractivity contribution in [2.75, 3.05) is 20.2 Å². The van der Waals surface area contributed by atoms with Gasteiger partial charge in [0.05, 0.1) is 6.61 Å². The van der Waals surface area contributed by atoms with E-state index in [-0.39, 0.29) is 0 Å². The molecular formula is C13H19NO. The van der Waals surface area contributed by atoms with Gasteiger partial charge in [0.15, 0.2) is 0 Å². The van der Waals surface area contributed by atoms with Crippen LogP contribution in [0.3, 0.4) is 0 Å². The van der Waals surface area contributed by atoms with Crippen LogP contribution in [0.15, 0.2) is 18.2 Å². The lowest BCUT2D eigenvalue weighted by Crippen LogP contribution is -2.10. The van der Waals surface area contributed by atoms with E-state index in [0.717, 1.165) is 18.9 Å². The average molecular weight is 205 g/mol. The summed E-state index contributed by atoms with van der Waals surface area (Å²) in [5.41, 5.74) is 2.81. The Kier molecular flexibility index (Phi) is 3.27. The van der Waals surface area contributed by atoms with Gasteiger partial charge in [0, 0.05) is 11.5 Å². The molecule has 0 saturated heterocycles. The normalized spacial score (nSPS) is 18.7. The molecule has 0 saturated carbocycles. The summed E-state index contributed by atoms with van der Waals surface area (Å²) < 4.78 is 5.70. The lowest BCUT2D eigenvalue weighted by molar-refractivity contribution is 0.323. The summed E-state index contributed by atoms with van der Waals surface area (Å²) in [5, 5.41) is 3.19. The molecule has 0 aliphatic carbocycles. The Morgan fingerprint density at radius 2 is 2.33 bits per heavy atom. The van der Waals surface area contributed by atoms with E-state index in [1.165, 1.54) is 24.0 Å². The second kappa shape index (κ2) is 4.67. The largest absolute Gasteiger partial charge is 0.493 e. The summed E-state index contributed by atoms with van der Waals surface area (Å²) >= 11 is 0. The molecule has 1 aliphatic rings. The van der Waals surface area contributed by atoms with E-state index in [4.69, 9.17) is 4.74 Å². The Labute approximate surface area is 91.6 Å². The molecule has 0 radical (unpaired) electrons.